The molecule has 0 unspecified atom stereocenters. The molecule has 0 saturated carbocycles. The lowest BCUT2D eigenvalue weighted by Crippen LogP contribution is -2.41. The zero-order valence-electron chi connectivity index (χ0n) is 32.3. The monoisotopic (exact) mass is 729 g/mol. The van der Waals surface area contributed by atoms with E-state index in [1.807, 2.05) is 20.8 Å². The Bertz CT molecular complexity index is 751. The smallest absolute Gasteiger partial charge is 0.410 e. The third kappa shape index (κ3) is 32.7. The van der Waals surface area contributed by atoms with E-state index in [1.54, 1.807) is 7.05 Å². The number of rotatable bonds is 34. The summed E-state index contributed by atoms with van der Waals surface area (Å²) in [6.45, 7) is 27.8. The van der Waals surface area contributed by atoms with E-state index in [9.17, 15) is 4.79 Å². The predicted octanol–water partition coefficient (Wildman–Crippen LogP) is 4.04. The van der Waals surface area contributed by atoms with E-state index in [1.165, 1.54) is 4.90 Å². The first-order chi connectivity index (χ1) is 23.3. The Kier molecular flexibility index (Phi) is 30.1. The third-order valence-electron chi connectivity index (χ3n) is 7.12. The van der Waals surface area contributed by atoms with Crippen molar-refractivity contribution < 1.29 is 61.3 Å². The molecular formula is C34H71NO13Si. The molecule has 0 N–H and O–H groups in total. The summed E-state index contributed by atoms with van der Waals surface area (Å²) in [5, 5.41) is 0.213. The molecule has 0 aromatic rings. The molecule has 0 fully saturated rings. The predicted molar refractivity (Wildman–Crippen MR) is 190 cm³/mol. The summed E-state index contributed by atoms with van der Waals surface area (Å²) >= 11 is 0. The van der Waals surface area contributed by atoms with Crippen LogP contribution in [0.3, 0.4) is 0 Å². The average Bonchev–Trinajstić information content (AvgIpc) is 3.01. The number of hydrogen-bond acceptors (Lipinski definition) is 13. The highest BCUT2D eigenvalue weighted by Crippen LogP contribution is 2.36. The fraction of sp³-hybridized carbons (Fsp3) is 0.971. The lowest BCUT2D eigenvalue weighted by molar-refractivity contribution is -0.0270. The SMILES string of the molecule is CN(CCOCCOCCOCCOCCOCCOCCOCCOCCOCCOCCO[Si](C)(C)C(C)(C)C)C(=O)OC(C)(C)C. The van der Waals surface area contributed by atoms with E-state index in [4.69, 9.17) is 56.5 Å². The highest BCUT2D eigenvalue weighted by atomic mass is 28.4. The maximum Gasteiger partial charge on any atom is 0.410 e. The molecule has 14 nitrogen and oxygen atoms in total. The molecule has 15 heteroatoms. The summed E-state index contributed by atoms with van der Waals surface area (Å²) in [5.74, 6) is 0. The van der Waals surface area contributed by atoms with Crippen LogP contribution in [0.5, 0.6) is 0 Å². The van der Waals surface area contributed by atoms with Gasteiger partial charge in [0.1, 0.15) is 5.60 Å². The summed E-state index contributed by atoms with van der Waals surface area (Å²) in [6.07, 6.45) is -0.363. The molecule has 0 aromatic heterocycles. The first kappa shape index (κ1) is 48.0. The van der Waals surface area contributed by atoms with E-state index in [0.717, 1.165) is 0 Å². The minimum Gasteiger partial charge on any atom is -0.444 e. The highest BCUT2D eigenvalue weighted by molar-refractivity contribution is 6.74. The van der Waals surface area contributed by atoms with Gasteiger partial charge in [0.15, 0.2) is 8.32 Å². The van der Waals surface area contributed by atoms with Crippen molar-refractivity contribution in [3.63, 3.8) is 0 Å². The zero-order chi connectivity index (χ0) is 36.7. The van der Waals surface area contributed by atoms with Gasteiger partial charge in [-0.3, -0.25) is 0 Å². The minimum absolute atomic E-state index is 0.213. The Hall–Kier alpha value is -0.953. The van der Waals surface area contributed by atoms with Crippen LogP contribution in [0.15, 0.2) is 0 Å². The zero-order valence-corrected chi connectivity index (χ0v) is 33.3. The van der Waals surface area contributed by atoms with Gasteiger partial charge in [-0.2, -0.15) is 0 Å². The summed E-state index contributed by atoms with van der Waals surface area (Å²) in [6, 6.07) is 0. The van der Waals surface area contributed by atoms with Gasteiger partial charge < -0.3 is 61.4 Å². The fourth-order valence-electron chi connectivity index (χ4n) is 3.29. The molecule has 0 rings (SSSR count). The molecule has 0 aromatic carbocycles. The van der Waals surface area contributed by atoms with Crippen LogP contribution >= 0.6 is 0 Å². The number of nitrogens with zero attached hydrogens (tertiary/aromatic N) is 1. The molecule has 0 heterocycles. The van der Waals surface area contributed by atoms with Crippen molar-refractivity contribution in [1.29, 1.82) is 0 Å². The summed E-state index contributed by atoms with van der Waals surface area (Å²) in [4.78, 5) is 13.4. The normalized spacial score (nSPS) is 12.5. The summed E-state index contributed by atoms with van der Waals surface area (Å²) in [5.41, 5.74) is -0.509. The first-order valence-electron chi connectivity index (χ1n) is 17.6. The van der Waals surface area contributed by atoms with Gasteiger partial charge in [0.05, 0.1) is 139 Å². The molecule has 0 bridgehead atoms. The van der Waals surface area contributed by atoms with Gasteiger partial charge >= 0.3 is 6.09 Å². The Morgan fingerprint density at radius 3 is 0.939 bits per heavy atom. The topological polar surface area (TPSA) is 131 Å². The van der Waals surface area contributed by atoms with E-state index in [0.29, 0.717) is 145 Å². The molecule has 0 spiro atoms. The van der Waals surface area contributed by atoms with Crippen molar-refractivity contribution in [3.05, 3.63) is 0 Å². The number of amides is 1. The van der Waals surface area contributed by atoms with Crippen LogP contribution in [0.4, 0.5) is 4.79 Å². The van der Waals surface area contributed by atoms with Crippen molar-refractivity contribution in [3.8, 4) is 0 Å². The van der Waals surface area contributed by atoms with Crippen LogP contribution in [0, 0.1) is 0 Å². The average molecular weight is 730 g/mol. The third-order valence-corrected chi connectivity index (χ3v) is 11.7. The van der Waals surface area contributed by atoms with Crippen molar-refractivity contribution in [2.24, 2.45) is 0 Å². The van der Waals surface area contributed by atoms with E-state index in [-0.39, 0.29) is 11.1 Å². The minimum atomic E-state index is -1.70. The lowest BCUT2D eigenvalue weighted by Gasteiger charge is -2.36. The van der Waals surface area contributed by atoms with Crippen molar-refractivity contribution in [2.45, 2.75) is 65.3 Å². The molecule has 294 valence electrons. The highest BCUT2D eigenvalue weighted by Gasteiger charge is 2.36. The number of carbonyl (C=O) groups is 1. The largest absolute Gasteiger partial charge is 0.444 e. The van der Waals surface area contributed by atoms with Crippen LogP contribution in [-0.2, 0) is 56.5 Å². The van der Waals surface area contributed by atoms with Crippen molar-refractivity contribution >= 4 is 14.4 Å². The Labute approximate surface area is 298 Å². The maximum absolute atomic E-state index is 11.9. The van der Waals surface area contributed by atoms with Gasteiger partial charge in [-0.05, 0) is 38.9 Å². The van der Waals surface area contributed by atoms with Crippen LogP contribution in [0.25, 0.3) is 0 Å². The number of carbonyl (C=O) groups excluding carboxylic acids is 1. The summed E-state index contributed by atoms with van der Waals surface area (Å²) < 4.78 is 66.4. The number of ether oxygens (including phenoxy) is 11. The molecule has 49 heavy (non-hydrogen) atoms. The molecule has 0 aliphatic carbocycles. The van der Waals surface area contributed by atoms with Crippen LogP contribution in [0.2, 0.25) is 18.1 Å². The van der Waals surface area contributed by atoms with Gasteiger partial charge in [-0.1, -0.05) is 20.8 Å². The number of hydrogen-bond donors (Lipinski definition) is 0. The van der Waals surface area contributed by atoms with Crippen LogP contribution < -0.4 is 0 Å². The van der Waals surface area contributed by atoms with Crippen molar-refractivity contribution in [1.82, 2.24) is 4.90 Å². The van der Waals surface area contributed by atoms with E-state index >= 15 is 0 Å². The molecular weight excluding hydrogens is 658 g/mol. The molecule has 0 saturated heterocycles. The van der Waals surface area contributed by atoms with Gasteiger partial charge in [-0.25, -0.2) is 4.79 Å². The Balaban J connectivity index is 3.21. The van der Waals surface area contributed by atoms with Gasteiger partial charge in [0.2, 0.25) is 0 Å². The van der Waals surface area contributed by atoms with Gasteiger partial charge in [-0.15, -0.1) is 0 Å². The molecule has 0 radical (unpaired) electrons. The van der Waals surface area contributed by atoms with E-state index < -0.39 is 13.9 Å². The quantitative estimate of drug-likeness (QED) is 0.0699. The second-order valence-corrected chi connectivity index (χ2v) is 18.4. The standard InChI is InChI=1S/C34H71NO13Si/c1-33(2,3)48-32(36)35(7)10-11-37-12-13-38-14-15-39-16-17-40-18-19-41-20-21-42-22-23-43-24-25-44-26-27-45-28-29-46-30-31-47-49(8,9)34(4,5)6/h10-31H2,1-9H3. The van der Waals surface area contributed by atoms with Crippen LogP contribution in [-0.4, -0.2) is 177 Å². The van der Waals surface area contributed by atoms with Crippen LogP contribution in [0.1, 0.15) is 41.5 Å². The second-order valence-electron chi connectivity index (χ2n) is 13.6. The molecule has 1 amide bonds. The number of likely N-dealkylation sites (N-methyl/N-ethyl adjacent to an activating group) is 1. The molecule has 0 aliphatic rings. The van der Waals surface area contributed by atoms with Gasteiger partial charge in [0.25, 0.3) is 0 Å². The molecule has 0 atom stereocenters. The maximum atomic E-state index is 11.9. The van der Waals surface area contributed by atoms with Gasteiger partial charge in [0, 0.05) is 13.6 Å². The van der Waals surface area contributed by atoms with E-state index in [2.05, 4.69) is 33.9 Å². The Morgan fingerprint density at radius 1 is 0.449 bits per heavy atom. The second kappa shape index (κ2) is 30.7. The lowest BCUT2D eigenvalue weighted by atomic mass is 10.2. The summed E-state index contributed by atoms with van der Waals surface area (Å²) in [7, 11) is -0.0189. The Morgan fingerprint density at radius 2 is 0.694 bits per heavy atom. The fourth-order valence-corrected chi connectivity index (χ4v) is 4.31. The molecule has 0 aliphatic heterocycles. The van der Waals surface area contributed by atoms with Crippen molar-refractivity contribution in [2.75, 3.05) is 152 Å². The first-order valence-corrected chi connectivity index (χ1v) is 20.5.